The molecule has 7 nitrogen and oxygen atoms in total. The topological polar surface area (TPSA) is 68.3 Å². The number of carbonyl (C=O) groups excluding carboxylic acids is 1. The summed E-state index contributed by atoms with van der Waals surface area (Å²) in [6.07, 6.45) is 6.62. The van der Waals surface area contributed by atoms with E-state index in [9.17, 15) is 4.79 Å². The van der Waals surface area contributed by atoms with Gasteiger partial charge in [-0.25, -0.2) is 14.5 Å². The second-order valence-electron chi connectivity index (χ2n) is 7.70. The molecule has 1 saturated heterocycles. The van der Waals surface area contributed by atoms with E-state index < -0.39 is 0 Å². The molecule has 3 aromatic rings. The zero-order chi connectivity index (χ0) is 19.1. The van der Waals surface area contributed by atoms with E-state index in [4.69, 9.17) is 5.10 Å². The number of imidazole rings is 1. The minimum absolute atomic E-state index is 0.0400. The van der Waals surface area contributed by atoms with Gasteiger partial charge in [0, 0.05) is 49.1 Å². The van der Waals surface area contributed by atoms with Crippen LogP contribution < -0.4 is 0 Å². The summed E-state index contributed by atoms with van der Waals surface area (Å²) in [7, 11) is 0. The molecule has 4 heterocycles. The van der Waals surface area contributed by atoms with E-state index >= 15 is 0 Å². The summed E-state index contributed by atoms with van der Waals surface area (Å²) in [6.45, 7) is 10.2. The van der Waals surface area contributed by atoms with E-state index in [1.807, 2.05) is 61.8 Å². The summed E-state index contributed by atoms with van der Waals surface area (Å²) in [5, 5.41) is 4.79. The molecule has 1 fully saturated rings. The van der Waals surface area contributed by atoms with E-state index in [1.54, 1.807) is 0 Å². The van der Waals surface area contributed by atoms with Crippen molar-refractivity contribution in [2.45, 2.75) is 46.6 Å². The Bertz CT molecular complexity index is 986. The number of aryl methyl sites for hydroxylation is 2. The van der Waals surface area contributed by atoms with Gasteiger partial charge in [0.1, 0.15) is 5.82 Å². The fourth-order valence-corrected chi connectivity index (χ4v) is 3.92. The summed E-state index contributed by atoms with van der Waals surface area (Å²) in [4.78, 5) is 23.2. The smallest absolute Gasteiger partial charge is 0.225 e. The first-order valence-corrected chi connectivity index (χ1v) is 9.55. The molecule has 4 rings (SSSR count). The second kappa shape index (κ2) is 6.79. The van der Waals surface area contributed by atoms with E-state index in [0.717, 1.165) is 47.9 Å². The molecule has 3 aromatic heterocycles. The Kier molecular flexibility index (Phi) is 4.45. The van der Waals surface area contributed by atoms with Crippen molar-refractivity contribution < 1.29 is 4.79 Å². The van der Waals surface area contributed by atoms with E-state index in [1.165, 1.54) is 0 Å². The number of carbonyl (C=O) groups is 1. The highest BCUT2D eigenvalue weighted by Gasteiger charge is 2.30. The molecule has 0 aliphatic carbocycles. The first kappa shape index (κ1) is 17.7. The first-order valence-electron chi connectivity index (χ1n) is 9.55. The van der Waals surface area contributed by atoms with Crippen molar-refractivity contribution in [3.63, 3.8) is 0 Å². The summed E-state index contributed by atoms with van der Waals surface area (Å²) in [5.74, 6) is 1.54. The third kappa shape index (κ3) is 3.11. The normalized spacial score (nSPS) is 17.4. The van der Waals surface area contributed by atoms with Gasteiger partial charge in [-0.1, -0.05) is 13.8 Å². The van der Waals surface area contributed by atoms with Crippen LogP contribution in [0.2, 0.25) is 0 Å². The van der Waals surface area contributed by atoms with Crippen LogP contribution in [0.3, 0.4) is 0 Å². The van der Waals surface area contributed by atoms with Crippen LogP contribution in [0.25, 0.3) is 5.65 Å². The Morgan fingerprint density at radius 3 is 2.78 bits per heavy atom. The van der Waals surface area contributed by atoms with Gasteiger partial charge in [0.15, 0.2) is 5.65 Å². The summed E-state index contributed by atoms with van der Waals surface area (Å²) in [6, 6.07) is 2.04. The molecular formula is C20H26N6O. The van der Waals surface area contributed by atoms with Crippen LogP contribution in [0.15, 0.2) is 24.7 Å². The van der Waals surface area contributed by atoms with Gasteiger partial charge in [0.25, 0.3) is 0 Å². The second-order valence-corrected chi connectivity index (χ2v) is 7.70. The molecule has 1 amide bonds. The molecule has 0 aromatic carbocycles. The van der Waals surface area contributed by atoms with Gasteiger partial charge in [0.2, 0.25) is 5.91 Å². The highest BCUT2D eigenvalue weighted by atomic mass is 16.2. The van der Waals surface area contributed by atoms with Crippen molar-refractivity contribution in [1.82, 2.24) is 29.0 Å². The number of amides is 1. The Balaban J connectivity index is 1.67. The maximum Gasteiger partial charge on any atom is 0.225 e. The number of likely N-dealkylation sites (tertiary alicyclic amines) is 1. The van der Waals surface area contributed by atoms with Crippen molar-refractivity contribution >= 4 is 11.6 Å². The van der Waals surface area contributed by atoms with Gasteiger partial charge in [-0.2, -0.15) is 5.10 Å². The number of nitrogens with zero attached hydrogens (tertiary/aromatic N) is 6. The molecule has 1 unspecified atom stereocenters. The zero-order valence-corrected chi connectivity index (χ0v) is 16.4. The first-order chi connectivity index (χ1) is 13.0. The monoisotopic (exact) mass is 366 g/mol. The van der Waals surface area contributed by atoms with Crippen LogP contribution >= 0.6 is 0 Å². The summed E-state index contributed by atoms with van der Waals surface area (Å²) in [5.41, 5.74) is 4.13. The van der Waals surface area contributed by atoms with Crippen LogP contribution in [-0.2, 0) is 11.3 Å². The van der Waals surface area contributed by atoms with Crippen molar-refractivity contribution in [2.24, 2.45) is 5.92 Å². The maximum absolute atomic E-state index is 12.3. The van der Waals surface area contributed by atoms with Gasteiger partial charge >= 0.3 is 0 Å². The standard InChI is InChI=1S/C20H26N6O/c1-13(2)20(27)25-9-6-16(11-25)18-5-7-22-19-17(14(3)23-26(18)19)12-24-10-8-21-15(24)4/h5,7-8,10,13,16H,6,9,11-12H2,1-4H3. The quantitative estimate of drug-likeness (QED) is 0.712. The minimum atomic E-state index is 0.0400. The zero-order valence-electron chi connectivity index (χ0n) is 16.4. The van der Waals surface area contributed by atoms with Crippen LogP contribution in [0, 0.1) is 19.8 Å². The molecular weight excluding hydrogens is 340 g/mol. The molecule has 0 spiro atoms. The Labute approximate surface area is 159 Å². The van der Waals surface area contributed by atoms with E-state index in [-0.39, 0.29) is 11.8 Å². The molecule has 27 heavy (non-hydrogen) atoms. The average Bonchev–Trinajstić information content (AvgIpc) is 3.35. The number of aromatic nitrogens is 5. The predicted molar refractivity (Wildman–Crippen MR) is 103 cm³/mol. The van der Waals surface area contributed by atoms with Crippen molar-refractivity contribution in [3.8, 4) is 0 Å². The summed E-state index contributed by atoms with van der Waals surface area (Å²) >= 11 is 0. The minimum Gasteiger partial charge on any atom is -0.342 e. The van der Waals surface area contributed by atoms with Crippen LogP contribution in [0.4, 0.5) is 0 Å². The Morgan fingerprint density at radius 1 is 1.26 bits per heavy atom. The van der Waals surface area contributed by atoms with Gasteiger partial charge < -0.3 is 9.47 Å². The fraction of sp³-hybridized carbons (Fsp3) is 0.500. The highest BCUT2D eigenvalue weighted by molar-refractivity contribution is 5.78. The number of fused-ring (bicyclic) bond motifs is 1. The molecule has 0 radical (unpaired) electrons. The number of hydrogen-bond donors (Lipinski definition) is 0. The van der Waals surface area contributed by atoms with Crippen molar-refractivity contribution in [1.29, 1.82) is 0 Å². The third-order valence-corrected chi connectivity index (χ3v) is 5.51. The van der Waals surface area contributed by atoms with Crippen LogP contribution in [0.5, 0.6) is 0 Å². The lowest BCUT2D eigenvalue weighted by Gasteiger charge is -2.19. The molecule has 142 valence electrons. The number of rotatable bonds is 4. The van der Waals surface area contributed by atoms with Crippen molar-refractivity contribution in [2.75, 3.05) is 13.1 Å². The molecule has 1 aliphatic rings. The highest BCUT2D eigenvalue weighted by Crippen LogP contribution is 2.29. The van der Waals surface area contributed by atoms with Crippen LogP contribution in [-0.4, -0.2) is 48.0 Å². The molecule has 0 saturated carbocycles. The molecule has 1 atom stereocenters. The van der Waals surface area contributed by atoms with Gasteiger partial charge in [-0.15, -0.1) is 0 Å². The largest absolute Gasteiger partial charge is 0.342 e. The Morgan fingerprint density at radius 2 is 2.07 bits per heavy atom. The predicted octanol–water partition coefficient (Wildman–Crippen LogP) is 2.56. The maximum atomic E-state index is 12.3. The van der Waals surface area contributed by atoms with Crippen molar-refractivity contribution in [3.05, 3.63) is 47.4 Å². The third-order valence-electron chi connectivity index (χ3n) is 5.51. The lowest BCUT2D eigenvalue weighted by molar-refractivity contribution is -0.133. The van der Waals surface area contributed by atoms with Gasteiger partial charge in [-0.05, 0) is 26.3 Å². The lowest BCUT2D eigenvalue weighted by atomic mass is 10.0. The van der Waals surface area contributed by atoms with Gasteiger partial charge in [0.05, 0.1) is 17.9 Å². The fourth-order valence-electron chi connectivity index (χ4n) is 3.92. The molecule has 0 N–H and O–H groups in total. The van der Waals surface area contributed by atoms with E-state index in [2.05, 4.69) is 14.5 Å². The van der Waals surface area contributed by atoms with E-state index in [0.29, 0.717) is 12.5 Å². The molecule has 1 aliphatic heterocycles. The molecule has 7 heteroatoms. The average molecular weight is 366 g/mol. The lowest BCUT2D eigenvalue weighted by Crippen LogP contribution is -2.32. The number of hydrogen-bond acceptors (Lipinski definition) is 4. The summed E-state index contributed by atoms with van der Waals surface area (Å²) < 4.78 is 4.09. The SMILES string of the molecule is Cc1nn2c(C3CCN(C(=O)C(C)C)C3)ccnc2c1Cn1ccnc1C. The Hall–Kier alpha value is -2.70. The molecule has 0 bridgehead atoms. The van der Waals surface area contributed by atoms with Crippen LogP contribution in [0.1, 0.15) is 49.0 Å². The van der Waals surface area contributed by atoms with Gasteiger partial charge in [-0.3, -0.25) is 4.79 Å².